The van der Waals surface area contributed by atoms with Gasteiger partial charge < -0.3 is 0 Å². The number of allylic oxidation sites excluding steroid dienone is 1. The Labute approximate surface area is 62.5 Å². The smallest absolute Gasteiger partial charge is 0.110 e. The van der Waals surface area contributed by atoms with Crippen LogP contribution in [0.2, 0.25) is 0 Å². The van der Waals surface area contributed by atoms with E-state index in [0.29, 0.717) is 12.6 Å². The lowest BCUT2D eigenvalue weighted by atomic mass is 10.3. The topological polar surface area (TPSA) is 3.24 Å². The Morgan fingerprint density at radius 2 is 2.10 bits per heavy atom. The van der Waals surface area contributed by atoms with Gasteiger partial charge in [0.15, 0.2) is 0 Å². The summed E-state index contributed by atoms with van der Waals surface area (Å²) >= 11 is 0. The van der Waals surface area contributed by atoms with Crippen molar-refractivity contribution in [3.05, 3.63) is 11.9 Å². The van der Waals surface area contributed by atoms with Crippen LogP contribution >= 0.6 is 0 Å². The zero-order valence-electron chi connectivity index (χ0n) is 7.19. The third kappa shape index (κ3) is 3.62. The molecular formula is C8H16FN. The summed E-state index contributed by atoms with van der Waals surface area (Å²) in [4.78, 5) is 1.95. The second kappa shape index (κ2) is 4.45. The molecule has 0 radical (unpaired) electrons. The lowest BCUT2D eigenvalue weighted by molar-refractivity contribution is 0.277. The van der Waals surface area contributed by atoms with Gasteiger partial charge in [-0.05, 0) is 27.8 Å². The zero-order chi connectivity index (χ0) is 8.15. The first-order chi connectivity index (χ1) is 4.57. The average Bonchev–Trinajstić information content (AvgIpc) is 1.87. The van der Waals surface area contributed by atoms with Crippen molar-refractivity contribution in [3.8, 4) is 0 Å². The van der Waals surface area contributed by atoms with Gasteiger partial charge >= 0.3 is 0 Å². The summed E-state index contributed by atoms with van der Waals surface area (Å²) in [6.45, 7) is 6.23. The van der Waals surface area contributed by atoms with Gasteiger partial charge in [0.05, 0.1) is 0 Å². The highest BCUT2D eigenvalue weighted by Gasteiger charge is 2.03. The van der Waals surface area contributed by atoms with Gasteiger partial charge in [-0.15, -0.1) is 0 Å². The highest BCUT2D eigenvalue weighted by Crippen LogP contribution is 2.01. The van der Waals surface area contributed by atoms with Crippen LogP contribution in [0.25, 0.3) is 0 Å². The fourth-order valence-electron chi connectivity index (χ4n) is 0.512. The van der Waals surface area contributed by atoms with Gasteiger partial charge in [0, 0.05) is 12.6 Å². The fraction of sp³-hybridized carbons (Fsp3) is 0.750. The van der Waals surface area contributed by atoms with Crippen molar-refractivity contribution in [2.75, 3.05) is 13.6 Å². The molecule has 0 aliphatic rings. The Kier molecular flexibility index (Phi) is 4.28. The minimum atomic E-state index is -0.0591. The summed E-state index contributed by atoms with van der Waals surface area (Å²) in [5.41, 5.74) is 0. The number of halogens is 1. The van der Waals surface area contributed by atoms with Crippen molar-refractivity contribution in [1.29, 1.82) is 0 Å². The van der Waals surface area contributed by atoms with E-state index in [1.54, 1.807) is 6.92 Å². The summed E-state index contributed by atoms with van der Waals surface area (Å²) in [7, 11) is 1.91. The molecule has 0 spiro atoms. The molecule has 0 saturated heterocycles. The molecule has 0 atom stereocenters. The molecule has 0 unspecified atom stereocenters. The quantitative estimate of drug-likeness (QED) is 0.588. The monoisotopic (exact) mass is 145 g/mol. The van der Waals surface area contributed by atoms with Crippen molar-refractivity contribution in [3.63, 3.8) is 0 Å². The Morgan fingerprint density at radius 3 is 2.40 bits per heavy atom. The maximum absolute atomic E-state index is 12.6. The molecular weight excluding hydrogens is 129 g/mol. The van der Waals surface area contributed by atoms with Gasteiger partial charge in [-0.1, -0.05) is 6.08 Å². The molecule has 10 heavy (non-hydrogen) atoms. The molecule has 60 valence electrons. The molecule has 0 N–H and O–H groups in total. The maximum atomic E-state index is 12.6. The van der Waals surface area contributed by atoms with E-state index in [2.05, 4.69) is 0 Å². The standard InChI is InChI=1S/C8H16FN/c1-5-8(9)6-10(4)7(2)3/h5,7H,6H2,1-4H3/b8-5+. The van der Waals surface area contributed by atoms with Gasteiger partial charge in [0.25, 0.3) is 0 Å². The van der Waals surface area contributed by atoms with Crippen molar-refractivity contribution in [2.24, 2.45) is 0 Å². The number of hydrogen-bond acceptors (Lipinski definition) is 1. The van der Waals surface area contributed by atoms with Crippen LogP contribution < -0.4 is 0 Å². The predicted molar refractivity (Wildman–Crippen MR) is 42.6 cm³/mol. The third-order valence-corrected chi connectivity index (χ3v) is 1.60. The van der Waals surface area contributed by atoms with Crippen molar-refractivity contribution >= 4 is 0 Å². The lowest BCUT2D eigenvalue weighted by Gasteiger charge is -2.19. The zero-order valence-corrected chi connectivity index (χ0v) is 7.19. The number of rotatable bonds is 3. The molecule has 0 bridgehead atoms. The summed E-state index contributed by atoms with van der Waals surface area (Å²) in [6, 6.07) is 0.408. The lowest BCUT2D eigenvalue weighted by Crippen LogP contribution is -2.27. The van der Waals surface area contributed by atoms with Gasteiger partial charge in [-0.2, -0.15) is 0 Å². The molecule has 0 fully saturated rings. The SMILES string of the molecule is C/C=C(/F)CN(C)C(C)C. The summed E-state index contributed by atoms with van der Waals surface area (Å²) in [5.74, 6) is -0.0591. The van der Waals surface area contributed by atoms with Crippen LogP contribution in [0.5, 0.6) is 0 Å². The first kappa shape index (κ1) is 9.63. The van der Waals surface area contributed by atoms with Crippen molar-refractivity contribution < 1.29 is 4.39 Å². The minimum Gasteiger partial charge on any atom is -0.297 e. The molecule has 1 nitrogen and oxygen atoms in total. The molecule has 0 aromatic heterocycles. The molecule has 0 aliphatic heterocycles. The Bertz CT molecular complexity index is 118. The Morgan fingerprint density at radius 1 is 1.60 bits per heavy atom. The van der Waals surface area contributed by atoms with Crippen LogP contribution in [0.1, 0.15) is 20.8 Å². The summed E-state index contributed by atoms with van der Waals surface area (Å²) < 4.78 is 12.6. The third-order valence-electron chi connectivity index (χ3n) is 1.60. The average molecular weight is 145 g/mol. The normalized spacial score (nSPS) is 13.3. The maximum Gasteiger partial charge on any atom is 0.110 e. The minimum absolute atomic E-state index is 0.0591. The number of likely N-dealkylation sites (N-methyl/N-ethyl adjacent to an activating group) is 1. The molecule has 0 saturated carbocycles. The van der Waals surface area contributed by atoms with E-state index in [1.807, 2.05) is 25.8 Å². The van der Waals surface area contributed by atoms with Crippen LogP contribution in [-0.4, -0.2) is 24.5 Å². The van der Waals surface area contributed by atoms with Crippen LogP contribution in [-0.2, 0) is 0 Å². The van der Waals surface area contributed by atoms with Gasteiger partial charge in [-0.3, -0.25) is 4.90 Å². The second-order valence-electron chi connectivity index (χ2n) is 2.74. The largest absolute Gasteiger partial charge is 0.297 e. The van der Waals surface area contributed by atoms with Crippen molar-refractivity contribution in [1.82, 2.24) is 4.90 Å². The summed E-state index contributed by atoms with van der Waals surface area (Å²) in [6.07, 6.45) is 1.50. The number of nitrogens with zero attached hydrogens (tertiary/aromatic N) is 1. The van der Waals surface area contributed by atoms with Crippen molar-refractivity contribution in [2.45, 2.75) is 26.8 Å². The van der Waals surface area contributed by atoms with Crippen LogP contribution in [0.15, 0.2) is 11.9 Å². The van der Waals surface area contributed by atoms with Gasteiger partial charge in [0.2, 0.25) is 0 Å². The first-order valence-electron chi connectivity index (χ1n) is 3.58. The molecule has 0 aliphatic carbocycles. The highest BCUT2D eigenvalue weighted by atomic mass is 19.1. The van der Waals surface area contributed by atoms with E-state index in [1.165, 1.54) is 6.08 Å². The predicted octanol–water partition coefficient (Wildman–Crippen LogP) is 2.20. The van der Waals surface area contributed by atoms with E-state index >= 15 is 0 Å². The summed E-state index contributed by atoms with van der Waals surface area (Å²) in [5, 5.41) is 0. The molecule has 0 amide bonds. The Hall–Kier alpha value is -0.370. The first-order valence-corrected chi connectivity index (χ1v) is 3.58. The van der Waals surface area contributed by atoms with Gasteiger partial charge in [-0.25, -0.2) is 4.39 Å². The Balaban J connectivity index is 3.68. The molecule has 0 rings (SSSR count). The molecule has 2 heteroatoms. The van der Waals surface area contributed by atoms with E-state index in [0.717, 1.165) is 0 Å². The molecule has 0 aromatic carbocycles. The van der Waals surface area contributed by atoms with Crippen LogP contribution in [0.4, 0.5) is 4.39 Å². The van der Waals surface area contributed by atoms with E-state index in [-0.39, 0.29) is 5.83 Å². The van der Waals surface area contributed by atoms with E-state index in [4.69, 9.17) is 0 Å². The van der Waals surface area contributed by atoms with Crippen LogP contribution in [0.3, 0.4) is 0 Å². The number of hydrogen-bond donors (Lipinski definition) is 0. The van der Waals surface area contributed by atoms with Gasteiger partial charge in [0.1, 0.15) is 5.83 Å². The van der Waals surface area contributed by atoms with E-state index in [9.17, 15) is 4.39 Å². The molecule has 0 aromatic rings. The van der Waals surface area contributed by atoms with Crippen LogP contribution in [0, 0.1) is 0 Å². The fourth-order valence-corrected chi connectivity index (χ4v) is 0.512. The highest BCUT2D eigenvalue weighted by molar-refractivity contribution is 4.91. The second-order valence-corrected chi connectivity index (χ2v) is 2.74. The van der Waals surface area contributed by atoms with E-state index < -0.39 is 0 Å². The molecule has 0 heterocycles.